The minimum Gasteiger partial charge on any atom is -0.457 e. The van der Waals surface area contributed by atoms with Crippen LogP contribution in [0.4, 0.5) is 5.82 Å². The molecule has 1 aliphatic heterocycles. The van der Waals surface area contributed by atoms with Crippen LogP contribution in [-0.4, -0.2) is 79.1 Å². The number of nitrogens with one attached hydrogen (secondary N) is 1. The molecule has 234 valence electrons. The zero-order valence-corrected chi connectivity index (χ0v) is 26.1. The molecule has 1 fully saturated rings. The monoisotopic (exact) mass is 609 g/mol. The van der Waals surface area contributed by atoms with E-state index < -0.39 is 23.2 Å². The Bertz CT molecular complexity index is 1780. The van der Waals surface area contributed by atoms with Crippen LogP contribution in [0.25, 0.3) is 16.9 Å². The molecule has 45 heavy (non-hydrogen) atoms. The normalized spacial score (nSPS) is 15.5. The first-order chi connectivity index (χ1) is 21.6. The fourth-order valence-electron chi connectivity index (χ4n) is 5.65. The van der Waals surface area contributed by atoms with Gasteiger partial charge in [0.05, 0.1) is 5.69 Å². The van der Waals surface area contributed by atoms with Gasteiger partial charge in [0.1, 0.15) is 35.0 Å². The van der Waals surface area contributed by atoms with Gasteiger partial charge < -0.3 is 20.7 Å². The topological polar surface area (TPSA) is 147 Å². The van der Waals surface area contributed by atoms with Gasteiger partial charge in [0.25, 0.3) is 5.91 Å². The zero-order valence-electron chi connectivity index (χ0n) is 26.1. The van der Waals surface area contributed by atoms with Crippen LogP contribution in [0.15, 0.2) is 77.4 Å². The lowest BCUT2D eigenvalue weighted by Gasteiger charge is -2.42. The smallest absolute Gasteiger partial charge is 0.335 e. The highest BCUT2D eigenvalue weighted by Gasteiger charge is 2.30. The van der Waals surface area contributed by atoms with E-state index in [2.05, 4.69) is 38.1 Å². The number of piperazine rings is 1. The molecule has 1 aliphatic rings. The van der Waals surface area contributed by atoms with Crippen LogP contribution in [0.3, 0.4) is 0 Å². The van der Waals surface area contributed by atoms with E-state index in [4.69, 9.17) is 10.5 Å². The minimum absolute atomic E-state index is 0.0314. The van der Waals surface area contributed by atoms with E-state index in [0.717, 1.165) is 32.7 Å². The number of nitrogen functional groups attached to an aromatic ring is 1. The number of carbonyl (C=O) groups excluding carboxylic acids is 1. The standard InChI is InChI=1S/C33H39N9O3/c1-5-39-15-17-40(18-16-39)33(3,4)19-24(20-34)31(43)38-23(2)21-41-30-28(29(35)36-22-37-30)42(32(41)44)25-11-13-27(14-12-25)45-26-9-7-6-8-10-26/h6-14,19,22-23H,5,15-18,21H2,1-4H3,(H,38,43)(H2,35,36,37)/t23-/m0/s1. The van der Waals surface area contributed by atoms with Crippen molar-refractivity contribution in [1.82, 2.24) is 34.2 Å². The van der Waals surface area contributed by atoms with Crippen molar-refractivity contribution in [3.63, 3.8) is 0 Å². The van der Waals surface area contributed by atoms with Crippen molar-refractivity contribution < 1.29 is 9.53 Å². The van der Waals surface area contributed by atoms with E-state index >= 15 is 0 Å². The highest BCUT2D eigenvalue weighted by molar-refractivity contribution is 5.97. The third kappa shape index (κ3) is 6.90. The summed E-state index contributed by atoms with van der Waals surface area (Å²) >= 11 is 0. The van der Waals surface area contributed by atoms with Gasteiger partial charge in [-0.15, -0.1) is 0 Å². The summed E-state index contributed by atoms with van der Waals surface area (Å²) in [5, 5.41) is 12.8. The summed E-state index contributed by atoms with van der Waals surface area (Å²) in [5.41, 5.74) is 6.66. The molecule has 0 bridgehead atoms. The molecule has 12 nitrogen and oxygen atoms in total. The molecule has 3 N–H and O–H groups in total. The predicted octanol–water partition coefficient (Wildman–Crippen LogP) is 3.33. The van der Waals surface area contributed by atoms with Crippen molar-refractivity contribution in [2.75, 3.05) is 38.5 Å². The van der Waals surface area contributed by atoms with Crippen LogP contribution in [0, 0.1) is 11.3 Å². The van der Waals surface area contributed by atoms with Gasteiger partial charge in [-0.1, -0.05) is 25.1 Å². The van der Waals surface area contributed by atoms with Crippen LogP contribution in [0.5, 0.6) is 11.5 Å². The summed E-state index contributed by atoms with van der Waals surface area (Å²) < 4.78 is 8.80. The van der Waals surface area contributed by atoms with Crippen LogP contribution < -0.4 is 21.5 Å². The van der Waals surface area contributed by atoms with Gasteiger partial charge in [-0.2, -0.15) is 5.26 Å². The lowest BCUT2D eigenvalue weighted by Crippen LogP contribution is -2.54. The number of carbonyl (C=O) groups is 1. The third-order valence-electron chi connectivity index (χ3n) is 8.14. The van der Waals surface area contributed by atoms with Crippen molar-refractivity contribution in [1.29, 1.82) is 5.26 Å². The summed E-state index contributed by atoms with van der Waals surface area (Å²) in [5.74, 6) is 0.953. The fraction of sp³-hybridized carbons (Fsp3) is 0.364. The molecule has 4 aromatic rings. The highest BCUT2D eigenvalue weighted by atomic mass is 16.5. The highest BCUT2D eigenvalue weighted by Crippen LogP contribution is 2.25. The van der Waals surface area contributed by atoms with Crippen molar-refractivity contribution in [3.8, 4) is 23.3 Å². The second kappa shape index (κ2) is 13.3. The number of anilines is 1. The zero-order chi connectivity index (χ0) is 32.1. The summed E-state index contributed by atoms with van der Waals surface area (Å²) in [6, 6.07) is 18.0. The first-order valence-electron chi connectivity index (χ1n) is 15.1. The molecular formula is C33H39N9O3. The molecule has 5 rings (SSSR count). The fourth-order valence-corrected chi connectivity index (χ4v) is 5.65. The molecule has 1 amide bonds. The van der Waals surface area contributed by atoms with Crippen molar-refractivity contribution in [3.05, 3.63) is 83.1 Å². The second-order valence-electron chi connectivity index (χ2n) is 11.7. The first-order valence-corrected chi connectivity index (χ1v) is 15.1. The minimum atomic E-state index is -0.514. The molecule has 1 saturated heterocycles. The van der Waals surface area contributed by atoms with Gasteiger partial charge in [-0.25, -0.2) is 14.8 Å². The predicted molar refractivity (Wildman–Crippen MR) is 173 cm³/mol. The van der Waals surface area contributed by atoms with Crippen LogP contribution in [0.1, 0.15) is 27.7 Å². The van der Waals surface area contributed by atoms with Crippen LogP contribution >= 0.6 is 0 Å². The van der Waals surface area contributed by atoms with E-state index in [0.29, 0.717) is 28.4 Å². The van der Waals surface area contributed by atoms with Gasteiger partial charge in [-0.3, -0.25) is 18.8 Å². The number of rotatable bonds is 10. The lowest BCUT2D eigenvalue weighted by molar-refractivity contribution is -0.117. The molecule has 3 heterocycles. The lowest BCUT2D eigenvalue weighted by atomic mass is 9.97. The Hall–Kier alpha value is -4.99. The van der Waals surface area contributed by atoms with Gasteiger partial charge in [0.2, 0.25) is 0 Å². The maximum Gasteiger partial charge on any atom is 0.335 e. The summed E-state index contributed by atoms with van der Waals surface area (Å²) in [7, 11) is 0. The maximum absolute atomic E-state index is 13.8. The number of fused-ring (bicyclic) bond motifs is 1. The van der Waals surface area contributed by atoms with Gasteiger partial charge in [0.15, 0.2) is 11.5 Å². The number of hydrogen-bond acceptors (Lipinski definition) is 9. The number of nitrogens with zero attached hydrogens (tertiary/aromatic N) is 7. The molecule has 0 radical (unpaired) electrons. The SMILES string of the molecule is CCN1CCN(C(C)(C)C=C(C#N)C(=O)N[C@@H](C)Cn2c(=O)n(-c3ccc(Oc4ccccc4)cc3)c3c(N)ncnc32)CC1. The molecule has 1 atom stereocenters. The number of para-hydroxylation sites is 1. The third-order valence-corrected chi connectivity index (χ3v) is 8.14. The summed E-state index contributed by atoms with van der Waals surface area (Å²) in [6.07, 6.45) is 3.03. The number of hydrogen-bond donors (Lipinski definition) is 2. The quantitative estimate of drug-likeness (QED) is 0.204. The molecule has 12 heteroatoms. The molecule has 2 aromatic carbocycles. The van der Waals surface area contributed by atoms with Crippen molar-refractivity contribution >= 4 is 22.9 Å². The number of ether oxygens (including phenoxy) is 1. The number of nitriles is 1. The second-order valence-corrected chi connectivity index (χ2v) is 11.7. The van der Waals surface area contributed by atoms with Crippen molar-refractivity contribution in [2.24, 2.45) is 0 Å². The average Bonchev–Trinajstić information content (AvgIpc) is 3.32. The van der Waals surface area contributed by atoms with E-state index in [1.54, 1.807) is 37.3 Å². The van der Waals surface area contributed by atoms with Gasteiger partial charge >= 0.3 is 5.69 Å². The number of imidazole rings is 1. The molecule has 0 unspecified atom stereocenters. The molecule has 2 aromatic heterocycles. The number of likely N-dealkylation sites (N-methyl/N-ethyl adjacent to an activating group) is 1. The molecule has 0 saturated carbocycles. The average molecular weight is 610 g/mol. The number of benzene rings is 2. The largest absolute Gasteiger partial charge is 0.457 e. The number of amides is 1. The first kappa shape index (κ1) is 31.4. The summed E-state index contributed by atoms with van der Waals surface area (Å²) in [4.78, 5) is 40.2. The van der Waals surface area contributed by atoms with E-state index in [9.17, 15) is 14.9 Å². The van der Waals surface area contributed by atoms with Gasteiger partial charge in [0, 0.05) is 44.3 Å². The summed E-state index contributed by atoms with van der Waals surface area (Å²) in [6.45, 7) is 12.7. The van der Waals surface area contributed by atoms with E-state index in [1.165, 1.54) is 15.5 Å². The van der Waals surface area contributed by atoms with Crippen LogP contribution in [0.2, 0.25) is 0 Å². The van der Waals surface area contributed by atoms with Gasteiger partial charge in [-0.05, 0) is 69.8 Å². The Balaban J connectivity index is 1.35. The van der Waals surface area contributed by atoms with E-state index in [1.807, 2.05) is 44.2 Å². The van der Waals surface area contributed by atoms with Crippen LogP contribution in [-0.2, 0) is 11.3 Å². The Morgan fingerprint density at radius 1 is 1.09 bits per heavy atom. The van der Waals surface area contributed by atoms with E-state index in [-0.39, 0.29) is 17.9 Å². The number of aromatic nitrogens is 4. The number of nitrogens with two attached hydrogens (primary N) is 1. The molecular weight excluding hydrogens is 570 g/mol. The maximum atomic E-state index is 13.8. The molecule has 0 spiro atoms. The Kier molecular flexibility index (Phi) is 9.32. The molecule has 0 aliphatic carbocycles. The Morgan fingerprint density at radius 3 is 2.40 bits per heavy atom. The Morgan fingerprint density at radius 2 is 1.76 bits per heavy atom. The van der Waals surface area contributed by atoms with Crippen molar-refractivity contribution in [2.45, 2.75) is 45.8 Å². The Labute approximate surface area is 262 Å².